The lowest BCUT2D eigenvalue weighted by atomic mass is 10.0. The second kappa shape index (κ2) is 23.5. The number of carbonyl (C=O) groups is 4. The van der Waals surface area contributed by atoms with E-state index in [-0.39, 0.29) is 92.8 Å². The Morgan fingerprint density at radius 1 is 0.707 bits per heavy atom. The van der Waals surface area contributed by atoms with Crippen molar-refractivity contribution in [1.29, 1.82) is 0 Å². The van der Waals surface area contributed by atoms with Gasteiger partial charge in [-0.15, -0.1) is 0 Å². The molecule has 0 fully saturated rings. The van der Waals surface area contributed by atoms with Crippen molar-refractivity contribution in [2.75, 3.05) is 46.2 Å². The number of ketones is 3. The lowest BCUT2D eigenvalue weighted by Gasteiger charge is -2.34. The van der Waals surface area contributed by atoms with E-state index in [1.54, 1.807) is 11.8 Å². The molecule has 0 rings (SSSR count). The predicted molar refractivity (Wildman–Crippen MR) is 170 cm³/mol. The number of ether oxygens (including phenoxy) is 3. The molecule has 9 nitrogen and oxygen atoms in total. The fourth-order valence-corrected chi connectivity index (χ4v) is 5.51. The smallest absolute Gasteiger partial charge is 0.306 e. The first-order valence-electron chi connectivity index (χ1n) is 14.7. The second-order valence-electron chi connectivity index (χ2n) is 11.3. The maximum Gasteiger partial charge on any atom is 0.306 e. The molecule has 0 aromatic heterocycles. The minimum absolute atomic E-state index is 0.0114. The molecule has 0 aliphatic rings. The highest BCUT2D eigenvalue weighted by Gasteiger charge is 2.35. The fraction of sp³-hybridized carbons (Fsp3) is 0.867. The van der Waals surface area contributed by atoms with Gasteiger partial charge in [-0.2, -0.15) is 11.8 Å². The van der Waals surface area contributed by atoms with Crippen molar-refractivity contribution in [1.82, 2.24) is 5.32 Å². The summed E-state index contributed by atoms with van der Waals surface area (Å²) >= 11 is 2.47. The molecule has 0 spiro atoms. The summed E-state index contributed by atoms with van der Waals surface area (Å²) in [6.07, 6.45) is 0.728. The van der Waals surface area contributed by atoms with Crippen molar-refractivity contribution >= 4 is 46.4 Å². The van der Waals surface area contributed by atoms with E-state index in [0.717, 1.165) is 0 Å². The number of hydrogen-bond acceptors (Lipinski definition) is 10. The molecule has 0 radical (unpaired) electrons. The molecule has 0 aliphatic carbocycles. The first kappa shape index (κ1) is 42.2. The molecule has 1 N–H and O–H groups in total. The molecule has 242 valence electrons. The summed E-state index contributed by atoms with van der Waals surface area (Å²) in [6.45, 7) is 22.1. The molecular weight excluding hydrogens is 566 g/mol. The molecule has 0 bridgehead atoms. The number of thioether (sulfide) groups is 1. The maximum absolute atomic E-state index is 13.0. The monoisotopic (exact) mass is 623 g/mol. The Kier molecular flexibility index (Phi) is 24.1. The van der Waals surface area contributed by atoms with Gasteiger partial charge in [-0.05, 0) is 26.0 Å². The van der Waals surface area contributed by atoms with Gasteiger partial charge in [0, 0.05) is 35.8 Å². The highest BCUT2D eigenvalue weighted by Crippen LogP contribution is 2.30. The minimum Gasteiger partial charge on any atom is -0.378 e. The largest absolute Gasteiger partial charge is 0.378 e. The third-order valence-electron chi connectivity index (χ3n) is 5.47. The van der Waals surface area contributed by atoms with Crippen molar-refractivity contribution in [3.05, 3.63) is 0 Å². The summed E-state index contributed by atoms with van der Waals surface area (Å²) in [6, 6.07) is 0. The first-order valence-corrected chi connectivity index (χ1v) is 16.3. The number of rotatable bonds is 23. The van der Waals surface area contributed by atoms with Gasteiger partial charge in [0.15, 0.2) is 0 Å². The van der Waals surface area contributed by atoms with Crippen LogP contribution in [0.2, 0.25) is 0 Å². The van der Waals surface area contributed by atoms with Crippen molar-refractivity contribution in [2.45, 2.75) is 111 Å². The Labute approximate surface area is 257 Å². The maximum atomic E-state index is 13.0. The van der Waals surface area contributed by atoms with E-state index in [4.69, 9.17) is 18.4 Å². The van der Waals surface area contributed by atoms with Crippen LogP contribution in [-0.4, -0.2) is 84.4 Å². The average Bonchev–Trinajstić information content (AvgIpc) is 2.86. The lowest BCUT2D eigenvalue weighted by molar-refractivity contribution is -0.123. The van der Waals surface area contributed by atoms with Crippen LogP contribution in [0.3, 0.4) is 0 Å². The molecule has 1 amide bonds. The third-order valence-corrected chi connectivity index (χ3v) is 7.19. The zero-order valence-electron chi connectivity index (χ0n) is 27.4. The van der Waals surface area contributed by atoms with Crippen LogP contribution >= 0.6 is 23.8 Å². The van der Waals surface area contributed by atoms with Gasteiger partial charge in [0.05, 0.1) is 58.3 Å². The van der Waals surface area contributed by atoms with Gasteiger partial charge in [0.2, 0.25) is 0 Å². The van der Waals surface area contributed by atoms with Gasteiger partial charge in [0.25, 0.3) is 0 Å². The van der Waals surface area contributed by atoms with Crippen LogP contribution in [0.15, 0.2) is 0 Å². The number of hydrogen-bond donors (Lipinski definition) is 1. The van der Waals surface area contributed by atoms with Gasteiger partial charge in [0.1, 0.15) is 22.9 Å². The van der Waals surface area contributed by atoms with E-state index < -0.39 is 10.8 Å². The quantitative estimate of drug-likeness (QED) is 0.103. The zero-order chi connectivity index (χ0) is 32.1. The van der Waals surface area contributed by atoms with Gasteiger partial charge in [-0.1, -0.05) is 55.4 Å². The molecular formula is C30H57NO8S2. The van der Waals surface area contributed by atoms with E-state index >= 15 is 0 Å². The summed E-state index contributed by atoms with van der Waals surface area (Å²) in [5.74, 6) is -0.0430. The Morgan fingerprint density at radius 3 is 1.49 bits per heavy atom. The van der Waals surface area contributed by atoms with E-state index in [1.165, 1.54) is 6.92 Å². The van der Waals surface area contributed by atoms with Crippen LogP contribution in [0.5, 0.6) is 0 Å². The predicted octanol–water partition coefficient (Wildman–Crippen LogP) is 6.31. The molecule has 0 unspecified atom stereocenters. The van der Waals surface area contributed by atoms with Crippen LogP contribution in [0.25, 0.3) is 0 Å². The second-order valence-corrected chi connectivity index (χ2v) is 14.4. The van der Waals surface area contributed by atoms with Gasteiger partial charge in [-0.25, -0.2) is 0 Å². The highest BCUT2D eigenvalue weighted by molar-refractivity contribution is 8.09. The van der Waals surface area contributed by atoms with E-state index in [2.05, 4.69) is 33.0 Å². The third kappa shape index (κ3) is 23.2. The van der Waals surface area contributed by atoms with Crippen molar-refractivity contribution in [3.8, 4) is 0 Å². The van der Waals surface area contributed by atoms with Gasteiger partial charge >= 0.3 is 5.24 Å². The molecule has 41 heavy (non-hydrogen) atoms. The van der Waals surface area contributed by atoms with Gasteiger partial charge < -0.3 is 23.7 Å². The average molecular weight is 624 g/mol. The molecule has 0 aromatic rings. The summed E-state index contributed by atoms with van der Waals surface area (Å²) < 4.78 is 22.9. The van der Waals surface area contributed by atoms with Crippen molar-refractivity contribution < 1.29 is 37.6 Å². The zero-order valence-corrected chi connectivity index (χ0v) is 29.0. The number of nitrogens with one attached hydrogen (secondary N) is 1. The molecule has 0 heterocycles. The summed E-state index contributed by atoms with van der Waals surface area (Å²) in [5, 5.41) is 2.90. The van der Waals surface area contributed by atoms with Crippen LogP contribution in [0.4, 0.5) is 4.79 Å². The summed E-state index contributed by atoms with van der Waals surface area (Å²) in [4.78, 5) is 48.4. The molecule has 0 aromatic carbocycles. The van der Waals surface area contributed by atoms with Crippen LogP contribution in [0.1, 0.15) is 95.4 Å². The summed E-state index contributed by atoms with van der Waals surface area (Å²) in [5.41, 5.74) is -1.12. The van der Waals surface area contributed by atoms with Crippen molar-refractivity contribution in [2.24, 2.45) is 11.8 Å². The van der Waals surface area contributed by atoms with E-state index in [0.29, 0.717) is 23.9 Å². The molecule has 0 saturated carbocycles. The Morgan fingerprint density at radius 2 is 1.12 bits per heavy atom. The van der Waals surface area contributed by atoms with Crippen LogP contribution in [-0.2, 0) is 32.8 Å². The topological polar surface area (TPSA) is 117 Å². The normalized spacial score (nSPS) is 12.0. The first-order chi connectivity index (χ1) is 19.1. The molecule has 11 heteroatoms. The molecule has 0 aliphatic heterocycles. The van der Waals surface area contributed by atoms with Crippen molar-refractivity contribution in [3.63, 3.8) is 0 Å². The van der Waals surface area contributed by atoms with E-state index in [9.17, 15) is 19.2 Å². The Bertz CT molecular complexity index is 729. The summed E-state index contributed by atoms with van der Waals surface area (Å²) in [7, 11) is 0. The number of amides is 1. The van der Waals surface area contributed by atoms with Crippen LogP contribution < -0.4 is 5.32 Å². The highest BCUT2D eigenvalue weighted by atomic mass is 32.2. The standard InChI is InChI=1S/C28H51NO8S2.C2H6/c1-20(2)24(31)11-14-35-18-28(17-34-13-10-23(7)30,19-36-15-12-25(32)21(3)4)29-26(33)39-37-16-27(8,9)38-22(5)6;1-2/h20-22H,10-19H2,1-9H3,(H,29,33);1-2H3. The number of carbonyl (C=O) groups excluding carboxylic acids is 4. The lowest BCUT2D eigenvalue weighted by Crippen LogP contribution is -2.58. The van der Waals surface area contributed by atoms with E-state index in [1.807, 2.05) is 41.5 Å². The molecule has 0 saturated heterocycles. The Balaban J connectivity index is 0. The Hall–Kier alpha value is -0.980. The number of Topliss-reactive ketones (excluding diaryl/α,β-unsaturated/α-hetero) is 3. The fourth-order valence-electron chi connectivity index (χ4n) is 3.31. The minimum atomic E-state index is -1.12. The SMILES string of the molecule is CC.CC(=O)CCOCC(COCCC(=O)C(C)C)(COCCC(=O)C(C)C)NC(=O)SOCC(C)(C)SC(C)C. The van der Waals surface area contributed by atoms with Crippen LogP contribution in [0, 0.1) is 11.8 Å². The van der Waals surface area contributed by atoms with Gasteiger partial charge in [-0.3, -0.25) is 19.2 Å². The molecule has 0 atom stereocenters.